The van der Waals surface area contributed by atoms with Gasteiger partial charge in [0, 0.05) is 60.3 Å². The fourth-order valence-corrected chi connectivity index (χ4v) is 7.73. The minimum Gasteiger partial charge on any atom is -0.478 e. The second-order valence-electron chi connectivity index (χ2n) is 9.71. The van der Waals surface area contributed by atoms with Gasteiger partial charge in [-0.05, 0) is 38.3 Å². The van der Waals surface area contributed by atoms with Crippen LogP contribution in [0.25, 0.3) is 10.1 Å². The topological polar surface area (TPSA) is 101 Å². The van der Waals surface area contributed by atoms with Gasteiger partial charge in [0.05, 0.1) is 16.3 Å². The van der Waals surface area contributed by atoms with E-state index in [4.69, 9.17) is 10.2 Å². The molecule has 1 aliphatic carbocycles. The molecule has 200 valence electrons. The zero-order valence-electron chi connectivity index (χ0n) is 21.0. The standard InChI is InChI=1S/C23H31N3OS2.C4H4O4/c27-22-23(9-3-4-10-23)29-18-26(22)12-6-5-11-24-13-15-25(16-14-24)20-17-28-21-8-2-1-7-19(20)21;5-3(6)1-2-4(7)8/h1-2,7-8,17H,3-6,9-16,18H2;1-2H,(H,5,6)(H,7,8). The molecule has 3 heterocycles. The van der Waals surface area contributed by atoms with Gasteiger partial charge in [-0.3, -0.25) is 9.69 Å². The largest absolute Gasteiger partial charge is 0.478 e. The molecule has 1 spiro atoms. The number of thiophene rings is 1. The first kappa shape index (κ1) is 27.5. The number of nitrogens with zero attached hydrogens (tertiary/aromatic N) is 3. The van der Waals surface area contributed by atoms with Crippen molar-refractivity contribution in [3.05, 3.63) is 41.8 Å². The van der Waals surface area contributed by atoms with E-state index < -0.39 is 11.9 Å². The van der Waals surface area contributed by atoms with Crippen molar-refractivity contribution >= 4 is 56.7 Å². The third kappa shape index (κ3) is 7.06. The molecule has 1 amide bonds. The first-order valence-corrected chi connectivity index (χ1v) is 14.8. The lowest BCUT2D eigenvalue weighted by Gasteiger charge is -2.36. The van der Waals surface area contributed by atoms with E-state index in [9.17, 15) is 14.4 Å². The van der Waals surface area contributed by atoms with E-state index in [1.54, 1.807) is 0 Å². The van der Waals surface area contributed by atoms with Crippen molar-refractivity contribution < 1.29 is 24.6 Å². The summed E-state index contributed by atoms with van der Waals surface area (Å²) >= 11 is 3.77. The number of rotatable bonds is 8. The molecule has 10 heteroatoms. The number of fused-ring (bicyclic) bond motifs is 1. The number of carboxylic acids is 2. The number of anilines is 1. The van der Waals surface area contributed by atoms with E-state index in [0.717, 1.165) is 57.9 Å². The second kappa shape index (κ2) is 12.8. The molecule has 3 aliphatic rings. The molecule has 37 heavy (non-hydrogen) atoms. The predicted octanol–water partition coefficient (Wildman–Crippen LogP) is 4.36. The van der Waals surface area contributed by atoms with Crippen molar-refractivity contribution in [2.45, 2.75) is 43.3 Å². The van der Waals surface area contributed by atoms with Crippen molar-refractivity contribution in [1.82, 2.24) is 9.80 Å². The van der Waals surface area contributed by atoms with Crippen LogP contribution in [0.5, 0.6) is 0 Å². The fourth-order valence-electron chi connectivity index (χ4n) is 5.28. The molecule has 5 rings (SSSR count). The molecule has 2 aliphatic heterocycles. The molecule has 0 atom stereocenters. The molecule has 2 aromatic rings. The van der Waals surface area contributed by atoms with Crippen LogP contribution in [0.3, 0.4) is 0 Å². The van der Waals surface area contributed by atoms with Crippen molar-refractivity contribution in [1.29, 1.82) is 0 Å². The van der Waals surface area contributed by atoms with Gasteiger partial charge in [0.25, 0.3) is 0 Å². The van der Waals surface area contributed by atoms with E-state index in [0.29, 0.717) is 18.1 Å². The summed E-state index contributed by atoms with van der Waals surface area (Å²) in [7, 11) is 0. The lowest BCUT2D eigenvalue weighted by molar-refractivity contribution is -0.134. The maximum absolute atomic E-state index is 12.8. The van der Waals surface area contributed by atoms with Gasteiger partial charge in [0.1, 0.15) is 0 Å². The Morgan fingerprint density at radius 3 is 2.27 bits per heavy atom. The Kier molecular flexibility index (Phi) is 9.50. The van der Waals surface area contributed by atoms with Crippen LogP contribution >= 0.6 is 23.1 Å². The summed E-state index contributed by atoms with van der Waals surface area (Å²) in [4.78, 5) is 39.2. The Labute approximate surface area is 225 Å². The summed E-state index contributed by atoms with van der Waals surface area (Å²) < 4.78 is 1.36. The number of thioether (sulfide) groups is 1. The van der Waals surface area contributed by atoms with Gasteiger partial charge in [-0.25, -0.2) is 9.59 Å². The molecule has 2 N–H and O–H groups in total. The Hall–Kier alpha value is -2.56. The molecule has 1 aromatic carbocycles. The van der Waals surface area contributed by atoms with Crippen LogP contribution in [0.15, 0.2) is 41.8 Å². The van der Waals surface area contributed by atoms with Crippen molar-refractivity contribution in [2.24, 2.45) is 0 Å². The van der Waals surface area contributed by atoms with Crippen molar-refractivity contribution in [3.63, 3.8) is 0 Å². The van der Waals surface area contributed by atoms with Crippen LogP contribution in [0.1, 0.15) is 38.5 Å². The van der Waals surface area contributed by atoms with E-state index >= 15 is 0 Å². The number of hydrogen-bond donors (Lipinski definition) is 2. The third-order valence-corrected chi connectivity index (χ3v) is 9.81. The number of amides is 1. The Bertz CT molecular complexity index is 1100. The highest BCUT2D eigenvalue weighted by molar-refractivity contribution is 8.01. The number of carbonyl (C=O) groups excluding carboxylic acids is 1. The average molecular weight is 546 g/mol. The number of carboxylic acid groups (broad SMARTS) is 2. The SMILES string of the molecule is O=C(O)C=CC(=O)O.O=C1N(CCCCN2CCN(c3csc4ccccc34)CC2)CSC12CCCC2. The summed E-state index contributed by atoms with van der Waals surface area (Å²) in [6.45, 7) is 6.64. The molecule has 1 saturated carbocycles. The number of benzene rings is 1. The van der Waals surface area contributed by atoms with Crippen LogP contribution in [-0.4, -0.2) is 87.8 Å². The maximum atomic E-state index is 12.8. The second-order valence-corrected chi connectivity index (χ2v) is 11.9. The highest BCUT2D eigenvalue weighted by Gasteiger charge is 2.48. The molecule has 3 fully saturated rings. The minimum absolute atomic E-state index is 0.0256. The number of aliphatic carboxylic acids is 2. The summed E-state index contributed by atoms with van der Waals surface area (Å²) in [5, 5.41) is 19.3. The number of carbonyl (C=O) groups is 3. The van der Waals surface area contributed by atoms with E-state index in [2.05, 4.69) is 44.3 Å². The Morgan fingerprint density at radius 1 is 0.946 bits per heavy atom. The highest BCUT2D eigenvalue weighted by Crippen LogP contribution is 2.47. The molecule has 0 unspecified atom stereocenters. The van der Waals surface area contributed by atoms with Crippen LogP contribution in [0.4, 0.5) is 5.69 Å². The fraction of sp³-hybridized carbons (Fsp3) is 0.519. The van der Waals surface area contributed by atoms with E-state index in [1.807, 2.05) is 23.1 Å². The molecule has 0 bridgehead atoms. The normalized spacial score (nSPS) is 19.6. The van der Waals surface area contributed by atoms with E-state index in [-0.39, 0.29) is 4.75 Å². The lowest BCUT2D eigenvalue weighted by Crippen LogP contribution is -2.46. The van der Waals surface area contributed by atoms with Crippen molar-refractivity contribution in [3.8, 4) is 0 Å². The molecular formula is C27H35N3O5S2. The molecule has 1 aromatic heterocycles. The zero-order chi connectivity index (χ0) is 26.3. The molecular weight excluding hydrogens is 510 g/mol. The van der Waals surface area contributed by atoms with Gasteiger partial charge in [-0.15, -0.1) is 23.1 Å². The van der Waals surface area contributed by atoms with Crippen LogP contribution in [0, 0.1) is 0 Å². The van der Waals surface area contributed by atoms with Gasteiger partial charge in [0.15, 0.2) is 0 Å². The van der Waals surface area contributed by atoms with Crippen molar-refractivity contribution in [2.75, 3.05) is 50.0 Å². The smallest absolute Gasteiger partial charge is 0.328 e. The Balaban J connectivity index is 0.000000349. The molecule has 2 saturated heterocycles. The number of piperazine rings is 1. The maximum Gasteiger partial charge on any atom is 0.328 e. The number of hydrogen-bond acceptors (Lipinski definition) is 7. The monoisotopic (exact) mass is 545 g/mol. The number of unbranched alkanes of at least 4 members (excludes halogenated alkanes) is 1. The molecule has 0 radical (unpaired) electrons. The summed E-state index contributed by atoms with van der Waals surface area (Å²) in [5.74, 6) is -1.15. The van der Waals surface area contributed by atoms with Crippen LogP contribution < -0.4 is 4.90 Å². The zero-order valence-corrected chi connectivity index (χ0v) is 22.6. The summed E-state index contributed by atoms with van der Waals surface area (Å²) in [6, 6.07) is 8.74. The van der Waals surface area contributed by atoms with Crippen LogP contribution in [0.2, 0.25) is 0 Å². The lowest BCUT2D eigenvalue weighted by atomic mass is 10.1. The van der Waals surface area contributed by atoms with Gasteiger partial charge in [0.2, 0.25) is 5.91 Å². The first-order chi connectivity index (χ1) is 17.9. The highest BCUT2D eigenvalue weighted by atomic mass is 32.2. The molecule has 8 nitrogen and oxygen atoms in total. The Morgan fingerprint density at radius 2 is 1.59 bits per heavy atom. The van der Waals surface area contributed by atoms with Gasteiger partial charge >= 0.3 is 11.9 Å². The third-order valence-electron chi connectivity index (χ3n) is 7.28. The average Bonchev–Trinajstić information content (AvgIpc) is 3.62. The summed E-state index contributed by atoms with van der Waals surface area (Å²) in [5.41, 5.74) is 1.41. The van der Waals surface area contributed by atoms with Gasteiger partial charge in [-0.1, -0.05) is 31.0 Å². The minimum atomic E-state index is -1.26. The quantitative estimate of drug-likeness (QED) is 0.373. The van der Waals surface area contributed by atoms with E-state index in [1.165, 1.54) is 41.6 Å². The predicted molar refractivity (Wildman–Crippen MR) is 149 cm³/mol. The van der Waals surface area contributed by atoms with Crippen LogP contribution in [-0.2, 0) is 14.4 Å². The van der Waals surface area contributed by atoms with Gasteiger partial charge < -0.3 is 20.0 Å². The van der Waals surface area contributed by atoms with Gasteiger partial charge in [-0.2, -0.15) is 0 Å². The first-order valence-electron chi connectivity index (χ1n) is 12.9. The summed E-state index contributed by atoms with van der Waals surface area (Å²) in [6.07, 6.45) is 8.14.